The van der Waals surface area contributed by atoms with Crippen molar-refractivity contribution in [2.75, 3.05) is 10.2 Å². The molecule has 9 aromatic rings. The Morgan fingerprint density at radius 1 is 0.500 bits per heavy atom. The molecule has 0 saturated carbocycles. The average molecular weight is 747 g/mol. The lowest BCUT2D eigenvalue weighted by Gasteiger charge is -2.30. The van der Waals surface area contributed by atoms with Gasteiger partial charge in [-0.3, -0.25) is 0 Å². The van der Waals surface area contributed by atoms with E-state index in [4.69, 9.17) is 0 Å². The Morgan fingerprint density at radius 2 is 1.10 bits per heavy atom. The molecule has 0 aliphatic heterocycles. The van der Waals surface area contributed by atoms with Crippen molar-refractivity contribution < 1.29 is 0 Å². The second-order valence-corrected chi connectivity index (χ2v) is 15.6. The molecule has 0 unspecified atom stereocenters. The Kier molecular flexibility index (Phi) is 9.69. The lowest BCUT2D eigenvalue weighted by molar-refractivity contribution is 0.660. The number of rotatable bonds is 7. The molecule has 0 saturated heterocycles. The highest BCUT2D eigenvalue weighted by molar-refractivity contribution is 6.14. The van der Waals surface area contributed by atoms with Gasteiger partial charge in [-0.1, -0.05) is 172 Å². The van der Waals surface area contributed by atoms with Gasteiger partial charge in [0.15, 0.2) is 0 Å². The second-order valence-electron chi connectivity index (χ2n) is 15.6. The fourth-order valence-electron chi connectivity index (χ4n) is 8.54. The van der Waals surface area contributed by atoms with Crippen molar-refractivity contribution in [1.82, 2.24) is 0 Å². The van der Waals surface area contributed by atoms with Crippen LogP contribution in [0.3, 0.4) is 0 Å². The molecule has 2 heteroatoms. The zero-order valence-electron chi connectivity index (χ0n) is 33.3. The Morgan fingerprint density at radius 3 is 1.88 bits per heavy atom. The minimum absolute atomic E-state index is 0.171. The number of anilines is 5. The predicted octanol–water partition coefficient (Wildman–Crippen LogP) is 15.9. The average Bonchev–Trinajstić information content (AvgIpc) is 3.48. The third-order valence-corrected chi connectivity index (χ3v) is 11.6. The van der Waals surface area contributed by atoms with E-state index in [1.54, 1.807) is 6.08 Å². The van der Waals surface area contributed by atoms with Gasteiger partial charge in [-0.05, 0) is 122 Å². The number of aryl methyl sites for hydroxylation is 1. The van der Waals surface area contributed by atoms with Gasteiger partial charge in [0, 0.05) is 33.6 Å². The first-order valence-corrected chi connectivity index (χ1v) is 20.0. The molecule has 0 spiro atoms. The predicted molar refractivity (Wildman–Crippen MR) is 251 cm³/mol. The summed E-state index contributed by atoms with van der Waals surface area (Å²) >= 11 is 0. The van der Waals surface area contributed by atoms with E-state index in [-0.39, 0.29) is 5.41 Å². The van der Waals surface area contributed by atoms with Crippen molar-refractivity contribution in [3.63, 3.8) is 0 Å². The molecule has 9 aromatic carbocycles. The quantitative estimate of drug-likeness (QED) is 0.129. The lowest BCUT2D eigenvalue weighted by atomic mass is 9.82. The molecule has 0 atom stereocenters. The second kappa shape index (κ2) is 15.4. The lowest BCUT2D eigenvalue weighted by Crippen LogP contribution is -2.17. The first kappa shape index (κ1) is 36.5. The third-order valence-electron chi connectivity index (χ3n) is 11.6. The van der Waals surface area contributed by atoms with Gasteiger partial charge in [0.25, 0.3) is 0 Å². The molecule has 0 aromatic heterocycles. The molecular weight excluding hydrogens is 701 g/mol. The molecule has 1 aliphatic carbocycles. The van der Waals surface area contributed by atoms with Gasteiger partial charge in [0.1, 0.15) is 0 Å². The summed E-state index contributed by atoms with van der Waals surface area (Å²) in [5.41, 5.74) is 13.4. The maximum absolute atomic E-state index is 3.62. The summed E-state index contributed by atoms with van der Waals surface area (Å²) in [5, 5.41) is 11.1. The van der Waals surface area contributed by atoms with Crippen LogP contribution in [0.25, 0.3) is 49.5 Å². The molecule has 0 fully saturated rings. The summed E-state index contributed by atoms with van der Waals surface area (Å²) in [7, 11) is 0. The minimum atomic E-state index is -0.171. The van der Waals surface area contributed by atoms with Crippen LogP contribution in [-0.2, 0) is 5.41 Å². The Hall–Kier alpha value is -7.16. The maximum atomic E-state index is 3.62. The number of hydrogen-bond donors (Lipinski definition) is 1. The van der Waals surface area contributed by atoms with Crippen molar-refractivity contribution in [2.24, 2.45) is 0 Å². The van der Waals surface area contributed by atoms with Crippen molar-refractivity contribution in [3.8, 4) is 11.1 Å². The van der Waals surface area contributed by atoms with E-state index < -0.39 is 0 Å². The Bertz CT molecular complexity index is 2990. The number of nitrogens with zero attached hydrogens (tertiary/aromatic N) is 1. The molecule has 1 aliphatic rings. The molecule has 0 radical (unpaired) electrons. The van der Waals surface area contributed by atoms with E-state index in [9.17, 15) is 0 Å². The zero-order chi connectivity index (χ0) is 39.6. The highest BCUT2D eigenvalue weighted by Crippen LogP contribution is 2.52. The van der Waals surface area contributed by atoms with E-state index in [2.05, 4.69) is 214 Å². The van der Waals surface area contributed by atoms with Crippen LogP contribution in [0.15, 0.2) is 207 Å². The summed E-state index contributed by atoms with van der Waals surface area (Å²) in [6.45, 7) is 10.4. The zero-order valence-corrected chi connectivity index (χ0v) is 33.3. The van der Waals surface area contributed by atoms with Crippen LogP contribution in [0, 0.1) is 6.92 Å². The van der Waals surface area contributed by atoms with Crippen LogP contribution in [0.5, 0.6) is 0 Å². The molecule has 10 rings (SSSR count). The Balaban J connectivity index is 0.000000345. The van der Waals surface area contributed by atoms with Crippen LogP contribution >= 0.6 is 0 Å². The normalized spacial score (nSPS) is 12.5. The van der Waals surface area contributed by atoms with Gasteiger partial charge in [-0.2, -0.15) is 0 Å². The highest BCUT2D eigenvalue weighted by Gasteiger charge is 2.36. The van der Waals surface area contributed by atoms with Crippen molar-refractivity contribution in [2.45, 2.75) is 26.2 Å². The van der Waals surface area contributed by atoms with E-state index in [0.29, 0.717) is 0 Å². The number of fused-ring (bicyclic) bond motifs is 7. The fourth-order valence-corrected chi connectivity index (χ4v) is 8.54. The first-order chi connectivity index (χ1) is 28.4. The first-order valence-electron chi connectivity index (χ1n) is 20.0. The van der Waals surface area contributed by atoms with E-state index in [1.165, 1.54) is 71.4 Å². The van der Waals surface area contributed by atoms with Crippen molar-refractivity contribution in [3.05, 3.63) is 229 Å². The topological polar surface area (TPSA) is 15.3 Å². The number of allylic oxidation sites excluding steroid dienone is 2. The molecule has 2 nitrogen and oxygen atoms in total. The SMILES string of the molecule is C=C/C=C\c1ccccc1C.CC1(C)c2cc(Nc3ccccc3)ccc2-c2ccc(N(c3ccc4ccccc4c3)c3cc4ccccc4c4ccccc34)cc21. The molecule has 58 heavy (non-hydrogen) atoms. The van der Waals surface area contributed by atoms with Gasteiger partial charge >= 0.3 is 0 Å². The summed E-state index contributed by atoms with van der Waals surface area (Å²) in [5.74, 6) is 0. The standard InChI is InChI=1S/C45H34N2.C11H12/c1-45(2)42-28-34(46-33-15-4-3-5-16-33)21-24-39(42)40-25-23-36(29-43(40)45)47(35-22-20-30-12-6-7-13-31(30)26-35)44-27-32-14-8-9-17-37(32)38-18-10-11-19-41(38)44;1-3-4-8-11-9-6-5-7-10(11)2/h3-29,46H,1-2H3;3-9H,1H2,2H3/b;8-4-. The van der Waals surface area contributed by atoms with Crippen LogP contribution in [0.2, 0.25) is 0 Å². The summed E-state index contributed by atoms with van der Waals surface area (Å²) in [6.07, 6.45) is 5.79. The van der Waals surface area contributed by atoms with Gasteiger partial charge in [-0.25, -0.2) is 0 Å². The van der Waals surface area contributed by atoms with Gasteiger partial charge in [0.2, 0.25) is 0 Å². The summed E-state index contributed by atoms with van der Waals surface area (Å²) in [6, 6.07) is 67.9. The number of benzene rings is 9. The molecule has 0 amide bonds. The molecule has 280 valence electrons. The number of para-hydroxylation sites is 1. The third kappa shape index (κ3) is 6.84. The van der Waals surface area contributed by atoms with Crippen LogP contribution < -0.4 is 10.2 Å². The molecule has 0 bridgehead atoms. The Labute approximate surface area is 342 Å². The fraction of sp³-hybridized carbons (Fsp3) is 0.0714. The monoisotopic (exact) mass is 746 g/mol. The van der Waals surface area contributed by atoms with Crippen molar-refractivity contribution in [1.29, 1.82) is 0 Å². The van der Waals surface area contributed by atoms with E-state index in [1.807, 2.05) is 24.3 Å². The van der Waals surface area contributed by atoms with E-state index >= 15 is 0 Å². The summed E-state index contributed by atoms with van der Waals surface area (Å²) < 4.78 is 0. The largest absolute Gasteiger partial charge is 0.356 e. The maximum Gasteiger partial charge on any atom is 0.0546 e. The summed E-state index contributed by atoms with van der Waals surface area (Å²) in [4.78, 5) is 2.46. The molecule has 0 heterocycles. The molecule has 1 N–H and O–H groups in total. The smallest absolute Gasteiger partial charge is 0.0546 e. The minimum Gasteiger partial charge on any atom is -0.356 e. The van der Waals surface area contributed by atoms with Crippen LogP contribution in [0.1, 0.15) is 36.1 Å². The van der Waals surface area contributed by atoms with Gasteiger partial charge in [0.05, 0.1) is 5.69 Å². The molecular formula is C56H46N2. The number of nitrogens with one attached hydrogen (secondary N) is 1. The van der Waals surface area contributed by atoms with E-state index in [0.717, 1.165) is 22.7 Å². The van der Waals surface area contributed by atoms with Gasteiger partial charge < -0.3 is 10.2 Å². The number of hydrogen-bond acceptors (Lipinski definition) is 2. The van der Waals surface area contributed by atoms with Crippen LogP contribution in [0.4, 0.5) is 28.4 Å². The van der Waals surface area contributed by atoms with Crippen LogP contribution in [-0.4, -0.2) is 0 Å². The highest BCUT2D eigenvalue weighted by atomic mass is 15.1. The van der Waals surface area contributed by atoms with Gasteiger partial charge in [-0.15, -0.1) is 0 Å². The van der Waals surface area contributed by atoms with Crippen molar-refractivity contribution >= 4 is 66.8 Å².